The van der Waals surface area contributed by atoms with Crippen molar-refractivity contribution in [2.24, 2.45) is 5.73 Å². The lowest BCUT2D eigenvalue weighted by molar-refractivity contribution is 0.0273. The summed E-state index contributed by atoms with van der Waals surface area (Å²) in [5, 5.41) is 7.75. The lowest BCUT2D eigenvalue weighted by Gasteiger charge is -2.15. The van der Waals surface area contributed by atoms with E-state index in [-0.39, 0.29) is 18.3 Å². The van der Waals surface area contributed by atoms with E-state index in [9.17, 15) is 0 Å². The summed E-state index contributed by atoms with van der Waals surface area (Å²) in [6, 6.07) is 2.02. The lowest BCUT2D eigenvalue weighted by Crippen LogP contribution is -2.32. The molecule has 0 aliphatic carbocycles. The number of rotatable bonds is 4. The van der Waals surface area contributed by atoms with Gasteiger partial charge in [-0.1, -0.05) is 11.6 Å². The maximum atomic E-state index is 7.37. The van der Waals surface area contributed by atoms with E-state index in [1.807, 2.05) is 0 Å². The molecule has 1 unspecified atom stereocenters. The molecule has 2 aliphatic heterocycles. The quantitative estimate of drug-likeness (QED) is 0.719. The fourth-order valence-electron chi connectivity index (χ4n) is 3.02. The second-order valence-electron chi connectivity index (χ2n) is 5.65. The third-order valence-corrected chi connectivity index (χ3v) is 4.48. The van der Waals surface area contributed by atoms with E-state index in [1.165, 1.54) is 6.20 Å². The number of hydrogen-bond donors (Lipinski definition) is 3. The van der Waals surface area contributed by atoms with Crippen molar-refractivity contribution in [2.75, 3.05) is 13.2 Å². The summed E-state index contributed by atoms with van der Waals surface area (Å²) < 4.78 is 17.2. The molecule has 2 saturated heterocycles. The Bertz CT molecular complexity index is 821. The number of H-pyrrole nitrogens is 1. The van der Waals surface area contributed by atoms with Gasteiger partial charge in [-0.15, -0.1) is 0 Å². The number of allylic oxidation sites excluding steroid dienone is 1. The zero-order valence-electron chi connectivity index (χ0n) is 12.7. The third-order valence-electron chi connectivity index (χ3n) is 4.20. The van der Waals surface area contributed by atoms with Gasteiger partial charge in [-0.3, -0.25) is 0 Å². The SMILES string of the molecule is N=CC(=CN)c1nc2nc(OC3CO[C@@H]4CCO[C@H]34)[nH]c2cc1Cl. The molecule has 0 bridgehead atoms. The third kappa shape index (κ3) is 2.52. The molecule has 0 saturated carbocycles. The highest BCUT2D eigenvalue weighted by Gasteiger charge is 2.43. The van der Waals surface area contributed by atoms with Gasteiger partial charge < -0.3 is 30.3 Å². The average Bonchev–Trinajstić information content (AvgIpc) is 3.25. The first-order chi connectivity index (χ1) is 11.7. The molecule has 0 spiro atoms. The van der Waals surface area contributed by atoms with Crippen molar-refractivity contribution in [1.29, 1.82) is 5.41 Å². The van der Waals surface area contributed by atoms with Gasteiger partial charge in [0, 0.05) is 24.6 Å². The van der Waals surface area contributed by atoms with Gasteiger partial charge in [-0.05, 0) is 12.5 Å². The molecule has 2 aromatic rings. The second-order valence-corrected chi connectivity index (χ2v) is 6.06. The molecule has 8 nitrogen and oxygen atoms in total. The van der Waals surface area contributed by atoms with Crippen molar-refractivity contribution < 1.29 is 14.2 Å². The molecular weight excluding hydrogens is 334 g/mol. The summed E-state index contributed by atoms with van der Waals surface area (Å²) in [7, 11) is 0. The molecule has 3 atom stereocenters. The topological polar surface area (TPSA) is 119 Å². The van der Waals surface area contributed by atoms with Gasteiger partial charge >= 0.3 is 0 Å². The van der Waals surface area contributed by atoms with E-state index in [0.717, 1.165) is 12.6 Å². The van der Waals surface area contributed by atoms with Crippen molar-refractivity contribution in [2.45, 2.75) is 24.7 Å². The Morgan fingerprint density at radius 3 is 3.12 bits per heavy atom. The molecule has 2 fully saturated rings. The van der Waals surface area contributed by atoms with E-state index in [1.54, 1.807) is 6.07 Å². The molecule has 24 heavy (non-hydrogen) atoms. The Morgan fingerprint density at radius 2 is 2.33 bits per heavy atom. The van der Waals surface area contributed by atoms with E-state index in [4.69, 9.17) is 37.0 Å². The molecule has 0 radical (unpaired) electrons. The normalized spacial score (nSPS) is 26.7. The number of pyridine rings is 1. The number of ether oxygens (including phenoxy) is 3. The largest absolute Gasteiger partial charge is 0.456 e. The molecule has 2 aromatic heterocycles. The van der Waals surface area contributed by atoms with Gasteiger partial charge in [0.1, 0.15) is 6.10 Å². The average molecular weight is 350 g/mol. The van der Waals surface area contributed by atoms with E-state index in [2.05, 4.69) is 15.0 Å². The maximum absolute atomic E-state index is 7.37. The summed E-state index contributed by atoms with van der Waals surface area (Å²) in [5.41, 5.74) is 7.40. The van der Waals surface area contributed by atoms with Gasteiger partial charge in [0.2, 0.25) is 0 Å². The van der Waals surface area contributed by atoms with Gasteiger partial charge in [0.05, 0.1) is 28.9 Å². The zero-order valence-corrected chi connectivity index (χ0v) is 13.4. The highest BCUT2D eigenvalue weighted by molar-refractivity contribution is 6.34. The first kappa shape index (κ1) is 15.4. The van der Waals surface area contributed by atoms with Crippen LogP contribution in [-0.2, 0) is 9.47 Å². The minimum atomic E-state index is -0.200. The number of hydrogen-bond acceptors (Lipinski definition) is 7. The fourth-order valence-corrected chi connectivity index (χ4v) is 3.28. The smallest absolute Gasteiger partial charge is 0.296 e. The fraction of sp³-hybridized carbons (Fsp3) is 0.400. The van der Waals surface area contributed by atoms with Crippen LogP contribution in [0, 0.1) is 5.41 Å². The predicted octanol–water partition coefficient (Wildman–Crippen LogP) is 1.50. The Hall–Kier alpha value is -2.16. The number of imidazole rings is 1. The second kappa shape index (κ2) is 6.04. The number of nitrogens with one attached hydrogen (secondary N) is 2. The predicted molar refractivity (Wildman–Crippen MR) is 88.4 cm³/mol. The van der Waals surface area contributed by atoms with Crippen LogP contribution in [0.1, 0.15) is 12.1 Å². The van der Waals surface area contributed by atoms with Crippen LogP contribution in [0.4, 0.5) is 0 Å². The molecular formula is C15H16ClN5O3. The molecule has 0 aromatic carbocycles. The van der Waals surface area contributed by atoms with Crippen LogP contribution < -0.4 is 10.5 Å². The number of fused-ring (bicyclic) bond motifs is 2. The van der Waals surface area contributed by atoms with Crippen LogP contribution in [-0.4, -0.2) is 52.7 Å². The van der Waals surface area contributed by atoms with Crippen molar-refractivity contribution in [1.82, 2.24) is 15.0 Å². The van der Waals surface area contributed by atoms with Gasteiger partial charge in [-0.2, -0.15) is 4.98 Å². The van der Waals surface area contributed by atoms with E-state index < -0.39 is 0 Å². The van der Waals surface area contributed by atoms with Crippen LogP contribution in [0.15, 0.2) is 12.3 Å². The minimum Gasteiger partial charge on any atom is -0.456 e. The highest BCUT2D eigenvalue weighted by atomic mass is 35.5. The monoisotopic (exact) mass is 349 g/mol. The van der Waals surface area contributed by atoms with Crippen LogP contribution in [0.25, 0.3) is 16.7 Å². The van der Waals surface area contributed by atoms with E-state index in [0.29, 0.717) is 46.7 Å². The molecule has 4 rings (SSSR count). The Morgan fingerprint density at radius 1 is 1.46 bits per heavy atom. The van der Waals surface area contributed by atoms with Crippen molar-refractivity contribution in [3.63, 3.8) is 0 Å². The molecule has 0 amide bonds. The lowest BCUT2D eigenvalue weighted by atomic mass is 10.1. The summed E-state index contributed by atoms with van der Waals surface area (Å²) in [4.78, 5) is 11.7. The van der Waals surface area contributed by atoms with Crippen LogP contribution in [0.5, 0.6) is 6.01 Å². The first-order valence-corrected chi connectivity index (χ1v) is 7.96. The van der Waals surface area contributed by atoms with Crippen LogP contribution in [0.2, 0.25) is 5.02 Å². The molecule has 4 N–H and O–H groups in total. The van der Waals surface area contributed by atoms with Crippen LogP contribution in [0.3, 0.4) is 0 Å². The van der Waals surface area contributed by atoms with E-state index >= 15 is 0 Å². The first-order valence-electron chi connectivity index (χ1n) is 7.58. The summed E-state index contributed by atoms with van der Waals surface area (Å²) >= 11 is 6.22. The molecule has 9 heteroatoms. The summed E-state index contributed by atoms with van der Waals surface area (Å²) in [6.45, 7) is 1.16. The summed E-state index contributed by atoms with van der Waals surface area (Å²) in [5.74, 6) is 0. The standard InChI is InChI=1S/C15H16ClN5O3/c16-8-3-9-14(20-12(8)7(4-17)5-18)21-15(19-9)24-11-6-23-10-1-2-22-13(10)11/h3-5,10-11,13,17H,1-2,6,18H2,(H,19,20,21)/t10-,11?,13+/m1/s1. The maximum Gasteiger partial charge on any atom is 0.296 e. The van der Waals surface area contributed by atoms with Crippen molar-refractivity contribution >= 4 is 34.6 Å². The Kier molecular flexibility index (Phi) is 3.87. The molecule has 4 heterocycles. The number of nitrogens with two attached hydrogens (primary N) is 1. The molecule has 126 valence electrons. The van der Waals surface area contributed by atoms with Crippen molar-refractivity contribution in [3.8, 4) is 6.01 Å². The number of nitrogens with zero attached hydrogens (tertiary/aromatic N) is 2. The Labute approximate surface area is 142 Å². The number of halogens is 1. The minimum absolute atomic E-state index is 0.0602. The summed E-state index contributed by atoms with van der Waals surface area (Å²) in [6.07, 6.45) is 3.11. The number of aromatic amines is 1. The molecule has 2 aliphatic rings. The zero-order chi connectivity index (χ0) is 16.7. The highest BCUT2D eigenvalue weighted by Crippen LogP contribution is 2.30. The Balaban J connectivity index is 1.62. The van der Waals surface area contributed by atoms with Crippen LogP contribution >= 0.6 is 11.6 Å². The van der Waals surface area contributed by atoms with Gasteiger partial charge in [-0.25, -0.2) is 4.98 Å². The van der Waals surface area contributed by atoms with Gasteiger partial charge in [0.15, 0.2) is 11.8 Å². The number of aromatic nitrogens is 3. The van der Waals surface area contributed by atoms with Crippen molar-refractivity contribution in [3.05, 3.63) is 23.0 Å². The van der Waals surface area contributed by atoms with Gasteiger partial charge in [0.25, 0.3) is 6.01 Å².